The first kappa shape index (κ1) is 95.2. The monoisotopic (exact) mass is 1850 g/mol. The van der Waals surface area contributed by atoms with Crippen molar-refractivity contribution in [2.75, 3.05) is 26.6 Å². The van der Waals surface area contributed by atoms with Gasteiger partial charge in [-0.25, -0.2) is 99.6 Å². The lowest BCUT2D eigenvalue weighted by molar-refractivity contribution is -0.248. The molecule has 5 heterocycles. The van der Waals surface area contributed by atoms with Crippen molar-refractivity contribution in [2.45, 2.75) is 312 Å². The highest BCUT2D eigenvalue weighted by atomic mass is 19.3. The molecule has 20 nitrogen and oxygen atoms in total. The second-order valence-electron chi connectivity index (χ2n) is 40.8. The van der Waals surface area contributed by atoms with Gasteiger partial charge in [0.05, 0.1) is 44.1 Å². The lowest BCUT2D eigenvalue weighted by atomic mass is 9.67. The summed E-state index contributed by atoms with van der Waals surface area (Å²) in [5.74, 6) is -20.2. The summed E-state index contributed by atoms with van der Waals surface area (Å²) in [5.41, 5.74) is -5.85. The molecule has 7 unspecified atom stereocenters. The highest BCUT2D eigenvalue weighted by molar-refractivity contribution is 5.96. The molecule has 9 aliphatic rings. The minimum Gasteiger partial charge on any atom is -0.304 e. The van der Waals surface area contributed by atoms with Crippen molar-refractivity contribution >= 4 is 114 Å². The number of benzene rings is 5. The molecule has 19 rings (SSSR count). The lowest BCUT2D eigenvalue weighted by Gasteiger charge is -2.47. The van der Waals surface area contributed by atoms with Gasteiger partial charge in [0.25, 0.3) is 17.8 Å². The van der Waals surface area contributed by atoms with Crippen LogP contribution in [-0.2, 0) is 51.7 Å². The van der Waals surface area contributed by atoms with E-state index < -0.39 is 148 Å². The molecule has 131 heavy (non-hydrogen) atoms. The van der Waals surface area contributed by atoms with E-state index in [4.69, 9.17) is 0 Å². The van der Waals surface area contributed by atoms with Crippen LogP contribution in [0.15, 0.2) is 78.9 Å². The predicted molar refractivity (Wildman–Crippen MR) is 461 cm³/mol. The van der Waals surface area contributed by atoms with E-state index in [0.717, 1.165) is 141 Å². The number of carbonyl (C=O) groups is 5. The highest BCUT2D eigenvalue weighted by Gasteiger charge is 2.69. The van der Waals surface area contributed by atoms with Crippen molar-refractivity contribution in [1.29, 1.82) is 0 Å². The summed E-state index contributed by atoms with van der Waals surface area (Å²) >= 11 is 0. The van der Waals surface area contributed by atoms with Gasteiger partial charge in [0.2, 0.25) is 59.3 Å². The normalized spacial score (nSPS) is 24.9. The van der Waals surface area contributed by atoms with E-state index >= 15 is 0 Å². The fraction of sp³-hybridized carbons (Fsp3) is 0.574. The first-order valence-electron chi connectivity index (χ1n) is 44.6. The van der Waals surface area contributed by atoms with E-state index in [1.54, 1.807) is 36.6 Å². The van der Waals surface area contributed by atoms with Crippen LogP contribution in [-0.4, -0.2) is 118 Å². The molecule has 5 N–H and O–H groups in total. The average Bonchev–Trinajstić information content (AvgIpc) is 1.71. The van der Waals surface area contributed by atoms with Gasteiger partial charge in [-0.1, -0.05) is 20.8 Å². The number of carbonyl (C=O) groups excluding carboxylic acids is 5. The first-order valence-corrected chi connectivity index (χ1v) is 44.6. The third kappa shape index (κ3) is 17.9. The summed E-state index contributed by atoms with van der Waals surface area (Å²) in [6, 6.07) is 16.8. The number of hydrogen-bond acceptors (Lipinski definition) is 10. The van der Waals surface area contributed by atoms with Gasteiger partial charge in [-0.05, 0) is 233 Å². The van der Waals surface area contributed by atoms with Gasteiger partial charge in [-0.2, -0.15) is 0 Å². The summed E-state index contributed by atoms with van der Waals surface area (Å²) in [5, 5.41) is 13.3. The molecule has 10 aromatic rings. The van der Waals surface area contributed by atoms with Crippen molar-refractivity contribution in [3.8, 4) is 0 Å². The number of nitrogens with one attached hydrogen (secondary N) is 5. The van der Waals surface area contributed by atoms with Crippen LogP contribution in [0, 0.1) is 69.3 Å². The van der Waals surface area contributed by atoms with Gasteiger partial charge >= 0.3 is 0 Å². The Balaban J connectivity index is 0.000000126. The number of fused-ring (bicyclic) bond motifs is 5. The third-order valence-electron chi connectivity index (χ3n) is 29.5. The van der Waals surface area contributed by atoms with Gasteiger partial charge in [0.1, 0.15) is 46.3 Å². The molecule has 5 amide bonds. The third-order valence-corrected chi connectivity index (χ3v) is 29.5. The molecule has 0 spiro atoms. The van der Waals surface area contributed by atoms with E-state index in [-0.39, 0.29) is 104 Å². The number of imidazole rings is 5. The topological polar surface area (TPSA) is 235 Å². The number of anilines is 5. The molecular weight excluding hydrogens is 1740 g/mol. The van der Waals surface area contributed by atoms with Crippen LogP contribution in [0.5, 0.6) is 0 Å². The van der Waals surface area contributed by atoms with E-state index in [9.17, 15) is 98.6 Å². The fourth-order valence-corrected chi connectivity index (χ4v) is 19.6. The molecule has 0 radical (unpaired) electrons. The van der Waals surface area contributed by atoms with E-state index in [2.05, 4.69) is 65.4 Å². The quantitative estimate of drug-likeness (QED) is 0.0427. The number of rotatable bonds is 21. The van der Waals surface area contributed by atoms with Gasteiger partial charge in [-0.3, -0.25) is 50.6 Å². The first-order chi connectivity index (χ1) is 60.9. The predicted octanol–water partition coefficient (Wildman–Crippen LogP) is 23.6. The molecule has 9 saturated carbocycles. The molecule has 9 aliphatic carbocycles. The largest absolute Gasteiger partial charge is 0.304 e. The van der Waals surface area contributed by atoms with Gasteiger partial charge in [-0.15, -0.1) is 0 Å². The summed E-state index contributed by atoms with van der Waals surface area (Å²) < 4.78 is 243. The van der Waals surface area contributed by atoms with Crippen LogP contribution in [0.2, 0.25) is 0 Å². The maximum Gasteiger partial charge on any atom is 0.284 e. The van der Waals surface area contributed by atoms with Crippen LogP contribution in [0.4, 0.5) is 104 Å². The van der Waals surface area contributed by atoms with Crippen molar-refractivity contribution < 1.29 is 98.6 Å². The van der Waals surface area contributed by atoms with Crippen LogP contribution in [0.25, 0.3) is 55.2 Å². The Morgan fingerprint density at radius 3 is 0.863 bits per heavy atom. The Bertz CT molecular complexity index is 5990. The zero-order valence-corrected chi connectivity index (χ0v) is 74.9. The number of hydrogen-bond donors (Lipinski definition) is 5. The molecule has 7 atom stereocenters. The lowest BCUT2D eigenvalue weighted by Crippen LogP contribution is -2.60. The average molecular weight is 1850 g/mol. The minimum atomic E-state index is -3.58. The standard InChI is InChI=1S/C19H20F5N3O.2C19H21F4N3O.C19H25F2N3O.C18H21F2N3O/c1-17(4-3-5-17)27-15-12(21)7-11(20)8-13(15)25-16(27)26-14(28)6-10-9-18(2,22)19(10,23)24;2*1-17(6-3-7-17)26-14-5-4-12(20)9-13(14)24-16(26)25-15(27)8-11-10-18(2,21)19(11,22)23;1-12(20)18(2,3)11-16(25)23-17-22-14-10-13(21)6-7-15(14)24(17)19(4)8-5-9-19;1-17(6-7-17)10-14(24)22-16-21-13-9-11(19)8-12(20)15(13)23(16)18(2)4-3-5-18/h7-8,10H,3-6,9H2,1-2H3,(H,25,26,28);2*4-5,9,11H,3,6-8,10H2,1-2H3,(H,24,25,27);6-7,10,12H,5,8-9,11H2,1-4H3,(H,22,23,25);8-9H,3-7,10H2,1-2H3,(H,21,22,24). The van der Waals surface area contributed by atoms with Crippen LogP contribution < -0.4 is 26.6 Å². The van der Waals surface area contributed by atoms with Crippen molar-refractivity contribution in [3.05, 3.63) is 120 Å². The van der Waals surface area contributed by atoms with E-state index in [0.29, 0.717) is 58.7 Å². The van der Waals surface area contributed by atoms with Crippen molar-refractivity contribution in [1.82, 2.24) is 47.8 Å². The molecule has 708 valence electrons. The molecule has 37 heteroatoms. The van der Waals surface area contributed by atoms with Gasteiger partial charge in [0, 0.05) is 125 Å². The molecular formula is C94H108F17N15O5. The highest BCUT2D eigenvalue weighted by Crippen LogP contribution is 2.59. The molecule has 0 bridgehead atoms. The molecule has 5 aromatic heterocycles. The molecule has 5 aromatic carbocycles. The summed E-state index contributed by atoms with van der Waals surface area (Å²) in [4.78, 5) is 83.3. The van der Waals surface area contributed by atoms with Crippen LogP contribution in [0.1, 0.15) is 244 Å². The molecule has 0 aliphatic heterocycles. The second kappa shape index (κ2) is 33.7. The summed E-state index contributed by atoms with van der Waals surface area (Å²) in [6.45, 7) is 19.6. The number of aromatic nitrogens is 10. The van der Waals surface area contributed by atoms with Crippen molar-refractivity contribution in [3.63, 3.8) is 0 Å². The zero-order chi connectivity index (χ0) is 95.2. The Hall–Kier alpha value is -10.4. The smallest absolute Gasteiger partial charge is 0.284 e. The Morgan fingerprint density at radius 1 is 0.359 bits per heavy atom. The van der Waals surface area contributed by atoms with Gasteiger partial charge < -0.3 is 22.8 Å². The number of halogens is 17. The Kier molecular flexibility index (Phi) is 24.5. The second-order valence-corrected chi connectivity index (χ2v) is 40.8. The van der Waals surface area contributed by atoms with Crippen LogP contribution >= 0.6 is 0 Å². The summed E-state index contributed by atoms with van der Waals surface area (Å²) in [6.07, 6.45) is 12.5. The fourth-order valence-electron chi connectivity index (χ4n) is 19.6. The van der Waals surface area contributed by atoms with Crippen molar-refractivity contribution in [2.24, 2.45) is 28.6 Å². The minimum absolute atomic E-state index is 0.0163. The number of alkyl halides is 10. The van der Waals surface area contributed by atoms with E-state index in [1.165, 1.54) is 54.0 Å². The maximum absolute atomic E-state index is 14.5. The maximum atomic E-state index is 14.5. The zero-order valence-electron chi connectivity index (χ0n) is 74.9. The number of nitrogens with zero attached hydrogens (tertiary/aromatic N) is 10. The molecule has 0 saturated heterocycles. The Labute approximate surface area is 744 Å². The summed E-state index contributed by atoms with van der Waals surface area (Å²) in [7, 11) is 0. The van der Waals surface area contributed by atoms with E-state index in [1.807, 2.05) is 41.4 Å². The van der Waals surface area contributed by atoms with Gasteiger partial charge in [0.15, 0.2) is 28.6 Å². The Morgan fingerprint density at radius 2 is 0.611 bits per heavy atom. The molecule has 9 fully saturated rings. The SMILES string of the molecule is CC(F)C(C)(C)CC(=O)Nc1nc2cc(F)ccc2n1C1(C)CCC1.CC1(CC(=O)Nc2nc3cc(F)cc(F)c3n2C2(C)CCC2)CC1.CC1(n2c(NC(=O)CC3CC(C)(F)C3(F)F)nc3cc(F)cc(F)c32)CCC1.CC1(n2c(NC(=O)CC3CC(C)(F)C3(F)F)nc3cc(F)ccc32)CCC1.CC1(n2c(NC(=O)CC3CC(C)(F)C3(F)F)nc3cc(F)ccc32)CCC1. The van der Waals surface area contributed by atoms with Crippen LogP contribution in [0.3, 0.4) is 0 Å². The number of amides is 5.